The summed E-state index contributed by atoms with van der Waals surface area (Å²) in [6, 6.07) is 4.07. The van der Waals surface area contributed by atoms with Crippen molar-refractivity contribution in [1.29, 1.82) is 0 Å². The van der Waals surface area contributed by atoms with Gasteiger partial charge in [0.25, 0.3) is 0 Å². The van der Waals surface area contributed by atoms with E-state index in [0.717, 1.165) is 25.7 Å². The molecule has 0 bridgehead atoms. The van der Waals surface area contributed by atoms with Gasteiger partial charge in [-0.25, -0.2) is 4.39 Å². The van der Waals surface area contributed by atoms with Crippen LogP contribution in [-0.2, 0) is 4.79 Å². The molecule has 19 heavy (non-hydrogen) atoms. The van der Waals surface area contributed by atoms with Crippen molar-refractivity contribution in [3.63, 3.8) is 0 Å². The van der Waals surface area contributed by atoms with Gasteiger partial charge < -0.3 is 5.32 Å². The number of benzene rings is 1. The highest BCUT2D eigenvalue weighted by Crippen LogP contribution is 2.29. The molecule has 2 rings (SSSR count). The van der Waals surface area contributed by atoms with Crippen LogP contribution in [0.15, 0.2) is 18.2 Å². The summed E-state index contributed by atoms with van der Waals surface area (Å²) >= 11 is 12.0. The summed E-state index contributed by atoms with van der Waals surface area (Å²) in [6.45, 7) is 0. The maximum absolute atomic E-state index is 13.0. The molecule has 2 nitrogen and oxygen atoms in total. The van der Waals surface area contributed by atoms with Crippen LogP contribution < -0.4 is 5.32 Å². The van der Waals surface area contributed by atoms with Crippen LogP contribution in [0, 0.1) is 5.82 Å². The highest BCUT2D eigenvalue weighted by atomic mass is 35.5. The van der Waals surface area contributed by atoms with Crippen molar-refractivity contribution in [1.82, 2.24) is 5.32 Å². The Labute approximate surface area is 122 Å². The Hall–Kier alpha value is -0.800. The first-order valence-corrected chi connectivity index (χ1v) is 7.29. The second-order valence-corrected chi connectivity index (χ2v) is 5.72. The van der Waals surface area contributed by atoms with Crippen molar-refractivity contribution in [2.75, 3.05) is 0 Å². The van der Waals surface area contributed by atoms with Gasteiger partial charge in [-0.1, -0.05) is 36.9 Å². The van der Waals surface area contributed by atoms with Gasteiger partial charge in [-0.15, -0.1) is 11.6 Å². The molecule has 0 aliphatic heterocycles. The predicted molar refractivity (Wildman–Crippen MR) is 75.0 cm³/mol. The fourth-order valence-corrected chi connectivity index (χ4v) is 2.96. The molecule has 1 aliphatic rings. The SMILES string of the molecule is O=C(NC1CCCCC1)C(Cl)c1ccc(F)cc1Cl. The van der Waals surface area contributed by atoms with Gasteiger partial charge in [-0.3, -0.25) is 4.79 Å². The van der Waals surface area contributed by atoms with E-state index in [-0.39, 0.29) is 17.0 Å². The van der Waals surface area contributed by atoms with Gasteiger partial charge in [0.05, 0.1) is 0 Å². The van der Waals surface area contributed by atoms with E-state index in [1.165, 1.54) is 24.6 Å². The lowest BCUT2D eigenvalue weighted by atomic mass is 9.95. The molecule has 5 heteroatoms. The number of halogens is 3. The van der Waals surface area contributed by atoms with Crippen LogP contribution in [0.4, 0.5) is 4.39 Å². The first-order valence-electron chi connectivity index (χ1n) is 6.47. The van der Waals surface area contributed by atoms with Crippen LogP contribution in [0.2, 0.25) is 5.02 Å². The molecule has 0 aromatic heterocycles. The molecule has 1 N–H and O–H groups in total. The Morgan fingerprint density at radius 1 is 1.32 bits per heavy atom. The maximum atomic E-state index is 13.0. The second-order valence-electron chi connectivity index (χ2n) is 4.87. The van der Waals surface area contributed by atoms with E-state index in [4.69, 9.17) is 23.2 Å². The monoisotopic (exact) mass is 303 g/mol. The molecule has 1 aliphatic carbocycles. The topological polar surface area (TPSA) is 29.1 Å². The molecule has 1 atom stereocenters. The van der Waals surface area contributed by atoms with E-state index in [9.17, 15) is 9.18 Å². The number of hydrogen-bond donors (Lipinski definition) is 1. The largest absolute Gasteiger partial charge is 0.352 e. The first-order chi connectivity index (χ1) is 9.08. The van der Waals surface area contributed by atoms with Crippen molar-refractivity contribution in [3.05, 3.63) is 34.6 Å². The summed E-state index contributed by atoms with van der Waals surface area (Å²) < 4.78 is 13.0. The summed E-state index contributed by atoms with van der Waals surface area (Å²) in [4.78, 5) is 12.1. The number of carbonyl (C=O) groups excluding carboxylic acids is 1. The Kier molecular flexibility index (Phi) is 5.06. The number of nitrogens with one attached hydrogen (secondary N) is 1. The number of carbonyl (C=O) groups is 1. The molecule has 1 amide bonds. The van der Waals surface area contributed by atoms with Crippen molar-refractivity contribution >= 4 is 29.1 Å². The standard InChI is InChI=1S/C14H16Cl2FNO/c15-12-8-9(17)6-7-11(12)13(16)14(19)18-10-4-2-1-3-5-10/h6-8,10,13H,1-5H2,(H,18,19). The molecule has 1 aromatic carbocycles. The summed E-state index contributed by atoms with van der Waals surface area (Å²) in [5.41, 5.74) is 0.443. The zero-order valence-corrected chi connectivity index (χ0v) is 12.0. The molecule has 1 aromatic rings. The molecule has 0 spiro atoms. The summed E-state index contributed by atoms with van der Waals surface area (Å²) in [6.07, 6.45) is 5.48. The normalized spacial score (nSPS) is 18.1. The average molecular weight is 304 g/mol. The highest BCUT2D eigenvalue weighted by molar-refractivity contribution is 6.35. The summed E-state index contributed by atoms with van der Waals surface area (Å²) in [5.74, 6) is -0.701. The lowest BCUT2D eigenvalue weighted by Crippen LogP contribution is -2.38. The number of alkyl halides is 1. The Balaban J connectivity index is 2.01. The van der Waals surface area contributed by atoms with E-state index in [0.29, 0.717) is 5.56 Å². The minimum Gasteiger partial charge on any atom is -0.352 e. The van der Waals surface area contributed by atoms with Crippen molar-refractivity contribution in [2.24, 2.45) is 0 Å². The first kappa shape index (κ1) is 14.6. The molecule has 104 valence electrons. The smallest absolute Gasteiger partial charge is 0.242 e. The molecule has 0 heterocycles. The van der Waals surface area contributed by atoms with Crippen LogP contribution in [0.25, 0.3) is 0 Å². The Morgan fingerprint density at radius 2 is 2.00 bits per heavy atom. The van der Waals surface area contributed by atoms with Gasteiger partial charge in [0.1, 0.15) is 11.2 Å². The maximum Gasteiger partial charge on any atom is 0.242 e. The zero-order valence-electron chi connectivity index (χ0n) is 10.5. The highest BCUT2D eigenvalue weighted by Gasteiger charge is 2.24. The minimum absolute atomic E-state index is 0.179. The van der Waals surface area contributed by atoms with E-state index < -0.39 is 11.2 Å². The van der Waals surface area contributed by atoms with Crippen molar-refractivity contribution in [2.45, 2.75) is 43.5 Å². The third kappa shape index (κ3) is 3.83. The lowest BCUT2D eigenvalue weighted by Gasteiger charge is -2.24. The van der Waals surface area contributed by atoms with E-state index >= 15 is 0 Å². The average Bonchev–Trinajstić information content (AvgIpc) is 2.39. The van der Waals surface area contributed by atoms with Crippen LogP contribution in [0.1, 0.15) is 43.0 Å². The van der Waals surface area contributed by atoms with Gasteiger partial charge >= 0.3 is 0 Å². The molecular weight excluding hydrogens is 288 g/mol. The Morgan fingerprint density at radius 3 is 2.63 bits per heavy atom. The molecular formula is C14H16Cl2FNO. The van der Waals surface area contributed by atoms with Crippen LogP contribution in [-0.4, -0.2) is 11.9 Å². The summed E-state index contributed by atoms with van der Waals surface area (Å²) in [7, 11) is 0. The number of amides is 1. The van der Waals surface area contributed by atoms with E-state index in [2.05, 4.69) is 5.32 Å². The fourth-order valence-electron chi connectivity index (χ4n) is 2.37. The minimum atomic E-state index is -0.880. The molecule has 1 unspecified atom stereocenters. The Bertz CT molecular complexity index is 461. The summed E-state index contributed by atoms with van der Waals surface area (Å²) in [5, 5.41) is 2.24. The van der Waals surface area contributed by atoms with E-state index in [1.807, 2.05) is 0 Å². The third-order valence-corrected chi connectivity index (χ3v) is 4.18. The van der Waals surface area contributed by atoms with Crippen LogP contribution in [0.3, 0.4) is 0 Å². The van der Waals surface area contributed by atoms with E-state index in [1.54, 1.807) is 0 Å². The lowest BCUT2D eigenvalue weighted by molar-refractivity contribution is -0.121. The van der Waals surface area contributed by atoms with Gasteiger partial charge in [0.2, 0.25) is 5.91 Å². The molecule has 0 saturated heterocycles. The van der Waals surface area contributed by atoms with Crippen LogP contribution >= 0.6 is 23.2 Å². The predicted octanol–water partition coefficient (Wildman–Crippen LogP) is 4.21. The third-order valence-electron chi connectivity index (χ3n) is 3.42. The van der Waals surface area contributed by atoms with Gasteiger partial charge in [0, 0.05) is 11.1 Å². The van der Waals surface area contributed by atoms with Gasteiger partial charge in [-0.05, 0) is 30.5 Å². The number of hydrogen-bond acceptors (Lipinski definition) is 1. The fraction of sp³-hybridized carbons (Fsp3) is 0.500. The quantitative estimate of drug-likeness (QED) is 0.833. The molecule has 1 saturated carbocycles. The van der Waals surface area contributed by atoms with Crippen molar-refractivity contribution in [3.8, 4) is 0 Å². The molecule has 0 radical (unpaired) electrons. The number of rotatable bonds is 3. The van der Waals surface area contributed by atoms with Crippen LogP contribution in [0.5, 0.6) is 0 Å². The van der Waals surface area contributed by atoms with Crippen molar-refractivity contribution < 1.29 is 9.18 Å². The molecule has 1 fully saturated rings. The zero-order chi connectivity index (χ0) is 13.8. The second kappa shape index (κ2) is 6.58. The van der Waals surface area contributed by atoms with Gasteiger partial charge in [-0.2, -0.15) is 0 Å². The van der Waals surface area contributed by atoms with Gasteiger partial charge in [0.15, 0.2) is 0 Å².